The summed E-state index contributed by atoms with van der Waals surface area (Å²) < 4.78 is 6.96. The Labute approximate surface area is 150 Å². The molecule has 0 saturated carbocycles. The van der Waals surface area contributed by atoms with E-state index in [-0.39, 0.29) is 11.8 Å². The van der Waals surface area contributed by atoms with Crippen LogP contribution in [-0.4, -0.2) is 38.7 Å². The average molecular weight is 352 g/mol. The van der Waals surface area contributed by atoms with Crippen LogP contribution in [0.4, 0.5) is 5.82 Å². The normalized spacial score (nSPS) is 17.2. The summed E-state index contributed by atoms with van der Waals surface area (Å²) in [6, 6.07) is 7.42. The first-order valence-electron chi connectivity index (χ1n) is 8.67. The number of amides is 1. The van der Waals surface area contributed by atoms with E-state index in [1.54, 1.807) is 17.1 Å². The zero-order valence-electron chi connectivity index (χ0n) is 14.3. The molecule has 0 aromatic carbocycles. The summed E-state index contributed by atoms with van der Waals surface area (Å²) in [6.45, 7) is 1.93. The minimum absolute atomic E-state index is 0.0486. The number of anilines is 1. The van der Waals surface area contributed by atoms with Gasteiger partial charge in [0.2, 0.25) is 5.91 Å². The van der Waals surface area contributed by atoms with E-state index in [0.29, 0.717) is 18.9 Å². The number of nitrogens with one attached hydrogen (secondary N) is 1. The van der Waals surface area contributed by atoms with Crippen LogP contribution in [0.3, 0.4) is 0 Å². The zero-order chi connectivity index (χ0) is 17.8. The number of piperidine rings is 1. The Kier molecular flexibility index (Phi) is 4.63. The van der Waals surface area contributed by atoms with E-state index < -0.39 is 0 Å². The lowest BCUT2D eigenvalue weighted by atomic mass is 9.97. The number of hydrogen-bond donors (Lipinski definition) is 1. The number of rotatable bonds is 5. The van der Waals surface area contributed by atoms with E-state index in [9.17, 15) is 4.79 Å². The molecule has 134 valence electrons. The maximum absolute atomic E-state index is 12.5. The molecule has 8 heteroatoms. The summed E-state index contributed by atoms with van der Waals surface area (Å²) in [7, 11) is 0. The highest BCUT2D eigenvalue weighted by atomic mass is 16.3. The van der Waals surface area contributed by atoms with Crippen LogP contribution in [0.15, 0.2) is 53.7 Å². The van der Waals surface area contributed by atoms with E-state index in [2.05, 4.69) is 25.3 Å². The summed E-state index contributed by atoms with van der Waals surface area (Å²) in [5.41, 5.74) is 0. The topological polar surface area (TPSA) is 89.1 Å². The smallest absolute Gasteiger partial charge is 0.225 e. The number of carbonyl (C=O) groups is 1. The van der Waals surface area contributed by atoms with Gasteiger partial charge in [0.1, 0.15) is 17.9 Å². The molecule has 0 aliphatic carbocycles. The third-order valence-corrected chi connectivity index (χ3v) is 4.51. The molecule has 3 aromatic heterocycles. The third-order valence-electron chi connectivity index (χ3n) is 4.51. The molecular weight excluding hydrogens is 332 g/mol. The largest absolute Gasteiger partial charge is 0.467 e. The molecule has 1 fully saturated rings. The van der Waals surface area contributed by atoms with Gasteiger partial charge in [0.25, 0.3) is 0 Å². The van der Waals surface area contributed by atoms with Crippen LogP contribution < -0.4 is 10.2 Å². The molecule has 0 spiro atoms. The van der Waals surface area contributed by atoms with Gasteiger partial charge in [0.05, 0.1) is 18.7 Å². The molecule has 1 atom stereocenters. The molecule has 4 heterocycles. The Morgan fingerprint density at radius 2 is 2.23 bits per heavy atom. The molecule has 3 aromatic rings. The molecule has 0 radical (unpaired) electrons. The van der Waals surface area contributed by atoms with Gasteiger partial charge in [-0.05, 0) is 31.0 Å². The second-order valence-electron chi connectivity index (χ2n) is 6.27. The SMILES string of the molecule is O=C(NCc1ccco1)[C@H]1CCCN(c2cc(-n3cccn3)ncn2)C1. The van der Waals surface area contributed by atoms with E-state index in [4.69, 9.17) is 4.42 Å². The van der Waals surface area contributed by atoms with E-state index in [0.717, 1.165) is 31.0 Å². The first-order valence-corrected chi connectivity index (χ1v) is 8.67. The Morgan fingerprint density at radius 3 is 3.04 bits per heavy atom. The maximum atomic E-state index is 12.5. The van der Waals surface area contributed by atoms with Gasteiger partial charge in [-0.1, -0.05) is 0 Å². The summed E-state index contributed by atoms with van der Waals surface area (Å²) in [6.07, 6.45) is 8.51. The van der Waals surface area contributed by atoms with Gasteiger partial charge < -0.3 is 14.6 Å². The predicted octanol–water partition coefficient (Wildman–Crippen LogP) is 1.79. The minimum Gasteiger partial charge on any atom is -0.467 e. The van der Waals surface area contributed by atoms with Crippen LogP contribution in [0.2, 0.25) is 0 Å². The fourth-order valence-corrected chi connectivity index (χ4v) is 3.17. The third kappa shape index (κ3) is 3.58. The van der Waals surface area contributed by atoms with Crippen molar-refractivity contribution in [2.24, 2.45) is 5.92 Å². The fourth-order valence-electron chi connectivity index (χ4n) is 3.17. The van der Waals surface area contributed by atoms with Gasteiger partial charge in [-0.25, -0.2) is 14.6 Å². The number of hydrogen-bond acceptors (Lipinski definition) is 6. The van der Waals surface area contributed by atoms with Gasteiger partial charge in [-0.3, -0.25) is 4.79 Å². The molecular formula is C18H20N6O2. The highest BCUT2D eigenvalue weighted by Gasteiger charge is 2.26. The molecule has 1 saturated heterocycles. The summed E-state index contributed by atoms with van der Waals surface area (Å²) in [4.78, 5) is 23.3. The molecule has 0 unspecified atom stereocenters. The zero-order valence-corrected chi connectivity index (χ0v) is 14.3. The molecule has 0 bridgehead atoms. The van der Waals surface area contributed by atoms with Gasteiger partial charge in [0.15, 0.2) is 5.82 Å². The lowest BCUT2D eigenvalue weighted by Gasteiger charge is -2.32. The Balaban J connectivity index is 1.42. The Hall–Kier alpha value is -3.16. The molecule has 4 rings (SSSR count). The van der Waals surface area contributed by atoms with Crippen molar-refractivity contribution in [2.45, 2.75) is 19.4 Å². The van der Waals surface area contributed by atoms with Gasteiger partial charge >= 0.3 is 0 Å². The van der Waals surface area contributed by atoms with Crippen molar-refractivity contribution < 1.29 is 9.21 Å². The molecule has 26 heavy (non-hydrogen) atoms. The summed E-state index contributed by atoms with van der Waals surface area (Å²) in [5, 5.41) is 7.15. The van der Waals surface area contributed by atoms with Gasteiger partial charge in [-0.15, -0.1) is 0 Å². The Morgan fingerprint density at radius 1 is 1.31 bits per heavy atom. The molecule has 1 N–H and O–H groups in total. The number of aromatic nitrogens is 4. The van der Waals surface area contributed by atoms with E-state index in [1.165, 1.54) is 6.33 Å². The molecule has 8 nitrogen and oxygen atoms in total. The number of carbonyl (C=O) groups excluding carboxylic acids is 1. The van der Waals surface area contributed by atoms with Crippen LogP contribution in [0.5, 0.6) is 0 Å². The second-order valence-corrected chi connectivity index (χ2v) is 6.27. The maximum Gasteiger partial charge on any atom is 0.225 e. The van der Waals surface area contributed by atoms with Crippen LogP contribution in [0, 0.1) is 5.92 Å². The van der Waals surface area contributed by atoms with Gasteiger partial charge in [0, 0.05) is 31.5 Å². The number of furan rings is 1. The number of nitrogens with zero attached hydrogens (tertiary/aromatic N) is 5. The summed E-state index contributed by atoms with van der Waals surface area (Å²) in [5.74, 6) is 2.26. The van der Waals surface area contributed by atoms with Crippen molar-refractivity contribution in [3.63, 3.8) is 0 Å². The van der Waals surface area contributed by atoms with Gasteiger partial charge in [-0.2, -0.15) is 5.10 Å². The highest BCUT2D eigenvalue weighted by molar-refractivity contribution is 5.79. The Bertz CT molecular complexity index is 846. The quantitative estimate of drug-likeness (QED) is 0.753. The fraction of sp³-hybridized carbons (Fsp3) is 0.333. The molecule has 1 aliphatic heterocycles. The lowest BCUT2D eigenvalue weighted by molar-refractivity contribution is -0.125. The molecule has 1 amide bonds. The van der Waals surface area contributed by atoms with Crippen molar-refractivity contribution in [3.05, 3.63) is 55.0 Å². The van der Waals surface area contributed by atoms with Crippen LogP contribution >= 0.6 is 0 Å². The standard InChI is InChI=1S/C18H20N6O2/c25-18(19-11-15-5-2-9-26-15)14-4-1-7-23(12-14)16-10-17(21-13-20-16)24-8-3-6-22-24/h2-3,5-6,8-10,13-14H,1,4,7,11-12H2,(H,19,25)/t14-/m0/s1. The van der Waals surface area contributed by atoms with Crippen molar-refractivity contribution in [1.82, 2.24) is 25.1 Å². The monoisotopic (exact) mass is 352 g/mol. The second kappa shape index (κ2) is 7.38. The first-order chi connectivity index (χ1) is 12.8. The first kappa shape index (κ1) is 16.3. The van der Waals surface area contributed by atoms with E-state index in [1.807, 2.05) is 30.5 Å². The molecule has 1 aliphatic rings. The average Bonchev–Trinajstić information content (AvgIpc) is 3.40. The lowest BCUT2D eigenvalue weighted by Crippen LogP contribution is -2.43. The summed E-state index contributed by atoms with van der Waals surface area (Å²) >= 11 is 0. The predicted molar refractivity (Wildman–Crippen MR) is 94.6 cm³/mol. The van der Waals surface area contributed by atoms with Crippen molar-refractivity contribution in [1.29, 1.82) is 0 Å². The van der Waals surface area contributed by atoms with Crippen LogP contribution in [0.1, 0.15) is 18.6 Å². The highest BCUT2D eigenvalue weighted by Crippen LogP contribution is 2.22. The van der Waals surface area contributed by atoms with Crippen molar-refractivity contribution in [3.8, 4) is 5.82 Å². The van der Waals surface area contributed by atoms with Crippen molar-refractivity contribution in [2.75, 3.05) is 18.0 Å². The van der Waals surface area contributed by atoms with Crippen LogP contribution in [-0.2, 0) is 11.3 Å². The van der Waals surface area contributed by atoms with E-state index >= 15 is 0 Å². The minimum atomic E-state index is -0.0677. The van der Waals surface area contributed by atoms with Crippen LogP contribution in [0.25, 0.3) is 5.82 Å². The van der Waals surface area contributed by atoms with Crippen molar-refractivity contribution >= 4 is 11.7 Å².